The van der Waals surface area contributed by atoms with Crippen molar-refractivity contribution in [2.45, 2.75) is 36.1 Å². The number of para-hydroxylation sites is 1. The Morgan fingerprint density at radius 2 is 1.93 bits per heavy atom. The normalized spacial score (nSPS) is 11.9. The monoisotopic (exact) mass is 446 g/mol. The summed E-state index contributed by atoms with van der Waals surface area (Å²) in [5, 5.41) is 2.96. The van der Waals surface area contributed by atoms with Gasteiger partial charge in [0.2, 0.25) is 15.9 Å². The average Bonchev–Trinajstić information content (AvgIpc) is 3.09. The molecule has 3 aromatic rings. The lowest BCUT2D eigenvalue weighted by atomic mass is 10.2. The van der Waals surface area contributed by atoms with Crippen LogP contribution in [0.2, 0.25) is 0 Å². The number of rotatable bonds is 8. The summed E-state index contributed by atoms with van der Waals surface area (Å²) in [6.07, 6.45) is 2.72. The van der Waals surface area contributed by atoms with Gasteiger partial charge in [0.15, 0.2) is 0 Å². The number of nitrogens with one attached hydrogen (secondary N) is 1. The van der Waals surface area contributed by atoms with Gasteiger partial charge < -0.3 is 9.88 Å². The van der Waals surface area contributed by atoms with Crippen LogP contribution >= 0.6 is 11.8 Å². The van der Waals surface area contributed by atoms with Crippen LogP contribution in [0.4, 0.5) is 5.69 Å². The highest BCUT2D eigenvalue weighted by molar-refractivity contribution is 7.98. The summed E-state index contributed by atoms with van der Waals surface area (Å²) in [6, 6.07) is 12.7. The minimum absolute atomic E-state index is 0.0814. The van der Waals surface area contributed by atoms with E-state index in [-0.39, 0.29) is 17.2 Å². The van der Waals surface area contributed by atoms with E-state index < -0.39 is 10.0 Å². The largest absolute Gasteiger partial charge is 0.328 e. The molecule has 2 aromatic carbocycles. The number of anilines is 1. The highest BCUT2D eigenvalue weighted by atomic mass is 32.2. The molecule has 0 saturated carbocycles. The number of benzene rings is 2. The van der Waals surface area contributed by atoms with Gasteiger partial charge in [-0.25, -0.2) is 17.7 Å². The molecule has 1 amide bonds. The molecule has 0 radical (unpaired) electrons. The predicted molar refractivity (Wildman–Crippen MR) is 121 cm³/mol. The van der Waals surface area contributed by atoms with Crippen molar-refractivity contribution < 1.29 is 13.2 Å². The fourth-order valence-electron chi connectivity index (χ4n) is 3.26. The number of hydrogen-bond acceptors (Lipinski definition) is 5. The van der Waals surface area contributed by atoms with Gasteiger partial charge in [-0.1, -0.05) is 12.1 Å². The first kappa shape index (κ1) is 22.3. The summed E-state index contributed by atoms with van der Waals surface area (Å²) in [7, 11) is -0.521. The number of imidazole rings is 1. The van der Waals surface area contributed by atoms with Crippen LogP contribution in [0.15, 0.2) is 52.3 Å². The fourth-order valence-corrected chi connectivity index (χ4v) is 4.74. The number of fused-ring (bicyclic) bond motifs is 1. The van der Waals surface area contributed by atoms with E-state index in [2.05, 4.69) is 10.3 Å². The molecule has 0 atom stereocenters. The zero-order valence-corrected chi connectivity index (χ0v) is 19.2. The molecule has 30 heavy (non-hydrogen) atoms. The minimum atomic E-state index is -3.53. The van der Waals surface area contributed by atoms with Crippen LogP contribution in [0.5, 0.6) is 0 Å². The Bertz CT molecular complexity index is 1170. The standard InChI is InChI=1S/C21H26N4O3S2/c1-5-25-18-11-10-15(30(27,28)24(2)3)14-17(18)22-20(25)12-13-21(26)23-16-8-6-7-9-19(16)29-4/h6-11,14H,5,12-13H2,1-4H3,(H,23,26). The molecule has 0 fully saturated rings. The van der Waals surface area contributed by atoms with Gasteiger partial charge in [0, 0.05) is 38.4 Å². The first-order chi connectivity index (χ1) is 14.3. The molecule has 0 aliphatic heterocycles. The second-order valence-electron chi connectivity index (χ2n) is 6.96. The lowest BCUT2D eigenvalue weighted by Gasteiger charge is -2.11. The maximum absolute atomic E-state index is 12.5. The van der Waals surface area contributed by atoms with Gasteiger partial charge in [0.25, 0.3) is 0 Å². The molecule has 160 valence electrons. The minimum Gasteiger partial charge on any atom is -0.328 e. The van der Waals surface area contributed by atoms with Crippen molar-refractivity contribution in [1.82, 2.24) is 13.9 Å². The average molecular weight is 447 g/mol. The first-order valence-electron chi connectivity index (χ1n) is 9.62. The number of amides is 1. The molecule has 0 aliphatic carbocycles. The summed E-state index contributed by atoms with van der Waals surface area (Å²) < 4.78 is 28.0. The third-order valence-corrected chi connectivity index (χ3v) is 7.46. The molecule has 0 unspecified atom stereocenters. The number of aromatic nitrogens is 2. The van der Waals surface area contributed by atoms with Crippen LogP contribution in [0.3, 0.4) is 0 Å². The molecule has 0 saturated heterocycles. The lowest BCUT2D eigenvalue weighted by molar-refractivity contribution is -0.116. The SMILES string of the molecule is CCn1c(CCC(=O)Nc2ccccc2SC)nc2cc(S(=O)(=O)N(C)C)ccc21. The van der Waals surface area contributed by atoms with Crippen LogP contribution in [-0.2, 0) is 27.8 Å². The number of nitrogens with zero attached hydrogens (tertiary/aromatic N) is 3. The number of hydrogen-bond donors (Lipinski definition) is 1. The fraction of sp³-hybridized carbons (Fsp3) is 0.333. The Morgan fingerprint density at radius 1 is 1.20 bits per heavy atom. The van der Waals surface area contributed by atoms with Crippen molar-refractivity contribution in [1.29, 1.82) is 0 Å². The Labute approximate surface area is 181 Å². The van der Waals surface area contributed by atoms with Crippen LogP contribution in [-0.4, -0.2) is 48.5 Å². The predicted octanol–water partition coefficient (Wildman–Crippen LogP) is 3.60. The van der Waals surface area contributed by atoms with Crippen LogP contribution in [0.1, 0.15) is 19.2 Å². The summed E-state index contributed by atoms with van der Waals surface area (Å²) in [5.41, 5.74) is 2.28. The van der Waals surface area contributed by atoms with Crippen molar-refractivity contribution >= 4 is 44.4 Å². The Kier molecular flexibility index (Phi) is 6.84. The summed E-state index contributed by atoms with van der Waals surface area (Å²) in [6.45, 7) is 2.69. The number of carbonyl (C=O) groups is 1. The first-order valence-corrected chi connectivity index (χ1v) is 12.3. The lowest BCUT2D eigenvalue weighted by Crippen LogP contribution is -2.22. The zero-order chi connectivity index (χ0) is 21.9. The number of thioether (sulfide) groups is 1. The molecule has 7 nitrogen and oxygen atoms in total. The third kappa shape index (κ3) is 4.53. The van der Waals surface area contributed by atoms with E-state index >= 15 is 0 Å². The maximum atomic E-state index is 12.5. The molecule has 9 heteroatoms. The number of carbonyl (C=O) groups excluding carboxylic acids is 1. The van der Waals surface area contributed by atoms with E-state index in [0.29, 0.717) is 18.5 Å². The molecule has 3 rings (SSSR count). The zero-order valence-electron chi connectivity index (χ0n) is 17.5. The van der Waals surface area contributed by atoms with E-state index in [1.807, 2.05) is 42.0 Å². The molecular weight excluding hydrogens is 420 g/mol. The molecule has 1 N–H and O–H groups in total. The van der Waals surface area contributed by atoms with Crippen molar-refractivity contribution in [2.24, 2.45) is 0 Å². The van der Waals surface area contributed by atoms with Gasteiger partial charge >= 0.3 is 0 Å². The van der Waals surface area contributed by atoms with Crippen molar-refractivity contribution in [2.75, 3.05) is 25.7 Å². The number of aryl methyl sites for hydroxylation is 2. The van der Waals surface area contributed by atoms with E-state index in [1.54, 1.807) is 30.0 Å². The summed E-state index contributed by atoms with van der Waals surface area (Å²) in [5.74, 6) is 0.683. The van der Waals surface area contributed by atoms with Crippen molar-refractivity contribution in [3.63, 3.8) is 0 Å². The van der Waals surface area contributed by atoms with Crippen LogP contribution < -0.4 is 5.32 Å². The number of sulfonamides is 1. The smallest absolute Gasteiger partial charge is 0.242 e. The molecule has 0 spiro atoms. The Morgan fingerprint density at radius 3 is 2.60 bits per heavy atom. The molecule has 0 bridgehead atoms. The van der Waals surface area contributed by atoms with Crippen LogP contribution in [0.25, 0.3) is 11.0 Å². The van der Waals surface area contributed by atoms with Gasteiger partial charge in [-0.2, -0.15) is 0 Å². The second kappa shape index (κ2) is 9.20. The second-order valence-corrected chi connectivity index (χ2v) is 9.96. The summed E-state index contributed by atoms with van der Waals surface area (Å²) >= 11 is 1.58. The van der Waals surface area contributed by atoms with Crippen molar-refractivity contribution in [3.05, 3.63) is 48.3 Å². The Balaban J connectivity index is 1.81. The highest BCUT2D eigenvalue weighted by Crippen LogP contribution is 2.25. The van der Waals surface area contributed by atoms with Gasteiger partial charge in [-0.15, -0.1) is 11.8 Å². The molecule has 1 heterocycles. The quantitative estimate of drug-likeness (QED) is 0.535. The van der Waals surface area contributed by atoms with Crippen molar-refractivity contribution in [3.8, 4) is 0 Å². The van der Waals surface area contributed by atoms with Gasteiger partial charge in [-0.05, 0) is 43.5 Å². The highest BCUT2D eigenvalue weighted by Gasteiger charge is 2.19. The Hall–Kier alpha value is -2.36. The summed E-state index contributed by atoms with van der Waals surface area (Å²) in [4.78, 5) is 18.3. The molecule has 1 aromatic heterocycles. The third-order valence-electron chi connectivity index (χ3n) is 4.85. The van der Waals surface area contributed by atoms with E-state index in [9.17, 15) is 13.2 Å². The maximum Gasteiger partial charge on any atom is 0.242 e. The van der Waals surface area contributed by atoms with E-state index in [4.69, 9.17) is 0 Å². The van der Waals surface area contributed by atoms with Gasteiger partial charge in [-0.3, -0.25) is 4.79 Å². The van der Waals surface area contributed by atoms with E-state index in [1.165, 1.54) is 18.4 Å². The van der Waals surface area contributed by atoms with E-state index in [0.717, 1.165) is 21.9 Å². The molecular formula is C21H26N4O3S2. The van der Waals surface area contributed by atoms with Gasteiger partial charge in [0.05, 0.1) is 21.6 Å². The van der Waals surface area contributed by atoms with Crippen LogP contribution in [0, 0.1) is 0 Å². The topological polar surface area (TPSA) is 84.3 Å². The molecule has 0 aliphatic rings. The van der Waals surface area contributed by atoms with Gasteiger partial charge in [0.1, 0.15) is 5.82 Å².